The molecule has 2 N–H and O–H groups in total. The number of rotatable bonds is 8. The summed E-state index contributed by atoms with van der Waals surface area (Å²) in [5, 5.41) is 2.72. The number of carbonyl (C=O) groups is 1. The van der Waals surface area contributed by atoms with Crippen molar-refractivity contribution in [1.29, 1.82) is 0 Å². The standard InChI is InChI=1S/C28H27N3O5S2/c1-20-9-10-21(2)27(19-20)30-37(33,34)25-17-13-23(14-18-25)29-28(32)22-11-15-24(16-12-22)31(3)38(35,36)26-7-5-4-6-8-26/h4-19,30H,1-3H3,(H,29,32). The Morgan fingerprint density at radius 2 is 1.37 bits per heavy atom. The molecule has 196 valence electrons. The van der Waals surface area contributed by atoms with E-state index in [0.717, 1.165) is 15.4 Å². The van der Waals surface area contributed by atoms with Gasteiger partial charge < -0.3 is 5.32 Å². The quantitative estimate of drug-likeness (QED) is 0.314. The van der Waals surface area contributed by atoms with Crippen LogP contribution in [0.5, 0.6) is 0 Å². The van der Waals surface area contributed by atoms with Crippen LogP contribution in [-0.4, -0.2) is 29.8 Å². The largest absolute Gasteiger partial charge is 0.322 e. The number of hydrogen-bond acceptors (Lipinski definition) is 5. The second-order valence-corrected chi connectivity index (χ2v) is 12.4. The van der Waals surface area contributed by atoms with Gasteiger partial charge in [-0.3, -0.25) is 13.8 Å². The first kappa shape index (κ1) is 26.9. The van der Waals surface area contributed by atoms with E-state index in [-0.39, 0.29) is 9.79 Å². The van der Waals surface area contributed by atoms with Gasteiger partial charge in [0.15, 0.2) is 0 Å². The summed E-state index contributed by atoms with van der Waals surface area (Å²) < 4.78 is 55.0. The van der Waals surface area contributed by atoms with E-state index in [0.29, 0.717) is 22.6 Å². The molecule has 4 aromatic rings. The highest BCUT2D eigenvalue weighted by Crippen LogP contribution is 2.24. The molecule has 38 heavy (non-hydrogen) atoms. The molecule has 0 aliphatic heterocycles. The van der Waals surface area contributed by atoms with Crippen molar-refractivity contribution < 1.29 is 21.6 Å². The third-order valence-electron chi connectivity index (χ3n) is 5.95. The summed E-state index contributed by atoms with van der Waals surface area (Å²) >= 11 is 0. The lowest BCUT2D eigenvalue weighted by molar-refractivity contribution is 0.102. The fraction of sp³-hybridized carbons (Fsp3) is 0.107. The number of nitrogens with zero attached hydrogens (tertiary/aromatic N) is 1. The minimum Gasteiger partial charge on any atom is -0.322 e. The summed E-state index contributed by atoms with van der Waals surface area (Å²) in [6.07, 6.45) is 0. The fourth-order valence-corrected chi connectivity index (χ4v) is 6.02. The lowest BCUT2D eigenvalue weighted by Crippen LogP contribution is -2.26. The predicted octanol–water partition coefficient (Wildman–Crippen LogP) is 5.18. The van der Waals surface area contributed by atoms with Crippen LogP contribution in [0.1, 0.15) is 21.5 Å². The molecule has 10 heteroatoms. The SMILES string of the molecule is Cc1ccc(C)c(NS(=O)(=O)c2ccc(NC(=O)c3ccc(N(C)S(=O)(=O)c4ccccc4)cc3)cc2)c1. The summed E-state index contributed by atoms with van der Waals surface area (Å²) in [6, 6.07) is 25.6. The van der Waals surface area contributed by atoms with E-state index in [4.69, 9.17) is 0 Å². The van der Waals surface area contributed by atoms with Crippen LogP contribution in [0.2, 0.25) is 0 Å². The van der Waals surface area contributed by atoms with Crippen molar-refractivity contribution in [2.75, 3.05) is 21.4 Å². The van der Waals surface area contributed by atoms with E-state index in [2.05, 4.69) is 10.0 Å². The molecule has 0 fully saturated rings. The first-order chi connectivity index (χ1) is 18.0. The Bertz CT molecular complexity index is 1670. The predicted molar refractivity (Wildman–Crippen MR) is 150 cm³/mol. The molecule has 1 amide bonds. The molecule has 0 heterocycles. The normalized spacial score (nSPS) is 11.6. The molecule has 0 spiro atoms. The van der Waals surface area contributed by atoms with Gasteiger partial charge in [0.2, 0.25) is 0 Å². The maximum absolute atomic E-state index is 12.8. The van der Waals surface area contributed by atoms with Crippen molar-refractivity contribution in [2.45, 2.75) is 23.6 Å². The molecule has 0 saturated heterocycles. The average Bonchev–Trinajstić information content (AvgIpc) is 2.91. The lowest BCUT2D eigenvalue weighted by atomic mass is 10.1. The van der Waals surface area contributed by atoms with Crippen LogP contribution in [-0.2, 0) is 20.0 Å². The zero-order chi connectivity index (χ0) is 27.5. The van der Waals surface area contributed by atoms with Crippen molar-refractivity contribution in [2.24, 2.45) is 0 Å². The van der Waals surface area contributed by atoms with Gasteiger partial charge >= 0.3 is 0 Å². The van der Waals surface area contributed by atoms with E-state index in [1.165, 1.54) is 55.6 Å². The topological polar surface area (TPSA) is 113 Å². The van der Waals surface area contributed by atoms with E-state index in [1.54, 1.807) is 36.4 Å². The smallest absolute Gasteiger partial charge is 0.264 e. The fourth-order valence-electron chi connectivity index (χ4n) is 3.68. The van der Waals surface area contributed by atoms with E-state index in [9.17, 15) is 21.6 Å². The van der Waals surface area contributed by atoms with Crippen molar-refractivity contribution in [3.63, 3.8) is 0 Å². The average molecular weight is 550 g/mol. The van der Waals surface area contributed by atoms with Gasteiger partial charge in [-0.1, -0.05) is 30.3 Å². The van der Waals surface area contributed by atoms with Gasteiger partial charge in [-0.2, -0.15) is 0 Å². The highest BCUT2D eigenvalue weighted by Gasteiger charge is 2.21. The summed E-state index contributed by atoms with van der Waals surface area (Å²) in [6.45, 7) is 3.70. The van der Waals surface area contributed by atoms with Crippen molar-refractivity contribution in [1.82, 2.24) is 0 Å². The molecule has 4 rings (SSSR count). The van der Waals surface area contributed by atoms with E-state index >= 15 is 0 Å². The van der Waals surface area contributed by atoms with Crippen LogP contribution in [0.4, 0.5) is 17.1 Å². The van der Waals surface area contributed by atoms with E-state index in [1.807, 2.05) is 26.0 Å². The first-order valence-corrected chi connectivity index (χ1v) is 14.6. The van der Waals surface area contributed by atoms with Gasteiger partial charge in [0.05, 0.1) is 21.2 Å². The van der Waals surface area contributed by atoms with Gasteiger partial charge in [-0.05, 0) is 91.7 Å². The number of aryl methyl sites for hydroxylation is 2. The van der Waals surface area contributed by atoms with Crippen LogP contribution in [0.3, 0.4) is 0 Å². The summed E-state index contributed by atoms with van der Waals surface area (Å²) in [5.41, 5.74) is 3.37. The Kier molecular flexibility index (Phi) is 7.56. The first-order valence-electron chi connectivity index (χ1n) is 11.6. The minimum absolute atomic E-state index is 0.0587. The third-order valence-corrected chi connectivity index (χ3v) is 9.14. The molecule has 0 aliphatic rings. The number of hydrogen-bond donors (Lipinski definition) is 2. The Morgan fingerprint density at radius 1 is 0.737 bits per heavy atom. The van der Waals surface area contributed by atoms with E-state index < -0.39 is 26.0 Å². The number of sulfonamides is 2. The molecule has 8 nitrogen and oxygen atoms in total. The molecule has 0 radical (unpaired) electrons. The molecule has 4 aromatic carbocycles. The minimum atomic E-state index is -3.81. The summed E-state index contributed by atoms with van der Waals surface area (Å²) in [5.74, 6) is -0.422. The molecule has 0 atom stereocenters. The summed E-state index contributed by atoms with van der Waals surface area (Å²) in [4.78, 5) is 13.0. The zero-order valence-corrected chi connectivity index (χ0v) is 22.7. The van der Waals surface area contributed by atoms with Crippen LogP contribution < -0.4 is 14.3 Å². The Hall–Kier alpha value is -4.15. The highest BCUT2D eigenvalue weighted by molar-refractivity contribution is 7.93. The molecule has 0 unspecified atom stereocenters. The van der Waals surface area contributed by atoms with Crippen LogP contribution in [0.25, 0.3) is 0 Å². The Labute approximate surface area is 223 Å². The highest BCUT2D eigenvalue weighted by atomic mass is 32.2. The van der Waals surface area contributed by atoms with Gasteiger partial charge in [0, 0.05) is 18.3 Å². The van der Waals surface area contributed by atoms with Crippen molar-refractivity contribution in [3.8, 4) is 0 Å². The maximum Gasteiger partial charge on any atom is 0.264 e. The lowest BCUT2D eigenvalue weighted by Gasteiger charge is -2.19. The Morgan fingerprint density at radius 3 is 2.00 bits per heavy atom. The molecular formula is C28H27N3O5S2. The van der Waals surface area contributed by atoms with Gasteiger partial charge in [0.1, 0.15) is 0 Å². The Balaban J connectivity index is 1.44. The molecule has 0 bridgehead atoms. The summed E-state index contributed by atoms with van der Waals surface area (Å²) in [7, 11) is -6.10. The second kappa shape index (κ2) is 10.7. The van der Waals surface area contributed by atoms with Gasteiger partial charge in [0.25, 0.3) is 26.0 Å². The molecule has 0 aliphatic carbocycles. The zero-order valence-electron chi connectivity index (χ0n) is 21.0. The molecule has 0 saturated carbocycles. The number of nitrogens with one attached hydrogen (secondary N) is 2. The second-order valence-electron chi connectivity index (χ2n) is 8.73. The van der Waals surface area contributed by atoms with Gasteiger partial charge in [-0.15, -0.1) is 0 Å². The van der Waals surface area contributed by atoms with Crippen LogP contribution >= 0.6 is 0 Å². The molecule has 0 aromatic heterocycles. The number of amides is 1. The van der Waals surface area contributed by atoms with Crippen LogP contribution in [0, 0.1) is 13.8 Å². The third kappa shape index (κ3) is 5.87. The van der Waals surface area contributed by atoms with Crippen molar-refractivity contribution >= 4 is 43.0 Å². The number of anilines is 3. The van der Waals surface area contributed by atoms with Gasteiger partial charge in [-0.25, -0.2) is 16.8 Å². The van der Waals surface area contributed by atoms with Crippen LogP contribution in [0.15, 0.2) is 107 Å². The monoisotopic (exact) mass is 549 g/mol. The molecular weight excluding hydrogens is 522 g/mol. The number of benzene rings is 4. The van der Waals surface area contributed by atoms with Crippen molar-refractivity contribution in [3.05, 3.63) is 114 Å². The maximum atomic E-state index is 12.8. The number of carbonyl (C=O) groups excluding carboxylic acids is 1.